The Labute approximate surface area is 191 Å². The Hall–Kier alpha value is -2.41. The lowest BCUT2D eigenvalue weighted by Gasteiger charge is -2.42. The third-order valence-corrected chi connectivity index (χ3v) is 6.97. The summed E-state index contributed by atoms with van der Waals surface area (Å²) in [5, 5.41) is 3.02. The highest BCUT2D eigenvalue weighted by atomic mass is 16.2. The van der Waals surface area contributed by atoms with Crippen LogP contribution in [0.2, 0.25) is 0 Å². The van der Waals surface area contributed by atoms with Gasteiger partial charge in [-0.25, -0.2) is 0 Å². The van der Waals surface area contributed by atoms with Gasteiger partial charge in [-0.3, -0.25) is 14.4 Å². The first-order valence-electron chi connectivity index (χ1n) is 12.3. The quantitative estimate of drug-likeness (QED) is 0.661. The molecule has 174 valence electrons. The minimum Gasteiger partial charge on any atom is -0.352 e. The maximum absolute atomic E-state index is 12.8. The predicted octanol–water partition coefficient (Wildman–Crippen LogP) is 2.41. The van der Waals surface area contributed by atoms with Crippen molar-refractivity contribution in [3.05, 3.63) is 35.4 Å². The molecule has 0 aliphatic carbocycles. The second-order valence-corrected chi connectivity index (χ2v) is 9.36. The molecule has 3 saturated heterocycles. The first-order chi connectivity index (χ1) is 15.6. The third kappa shape index (κ3) is 5.68. The van der Waals surface area contributed by atoms with Crippen LogP contribution >= 0.6 is 0 Å². The average molecular weight is 441 g/mol. The fraction of sp³-hybridized carbons (Fsp3) is 0.640. The summed E-state index contributed by atoms with van der Waals surface area (Å²) in [6, 6.07) is 7.10. The van der Waals surface area contributed by atoms with Gasteiger partial charge in [-0.15, -0.1) is 0 Å². The van der Waals surface area contributed by atoms with Crippen LogP contribution in [0.5, 0.6) is 0 Å². The first-order valence-corrected chi connectivity index (χ1v) is 12.3. The zero-order valence-corrected chi connectivity index (χ0v) is 19.1. The smallest absolute Gasteiger partial charge is 0.251 e. The van der Waals surface area contributed by atoms with Crippen molar-refractivity contribution >= 4 is 17.7 Å². The second kappa shape index (κ2) is 10.9. The van der Waals surface area contributed by atoms with E-state index in [4.69, 9.17) is 0 Å². The van der Waals surface area contributed by atoms with Gasteiger partial charge in [0.2, 0.25) is 11.8 Å². The van der Waals surface area contributed by atoms with E-state index >= 15 is 0 Å². The lowest BCUT2D eigenvalue weighted by atomic mass is 9.98. The molecule has 1 aromatic carbocycles. The molecule has 1 N–H and O–H groups in total. The molecule has 0 spiro atoms. The molecule has 3 heterocycles. The van der Waals surface area contributed by atoms with E-state index in [2.05, 4.69) is 10.2 Å². The van der Waals surface area contributed by atoms with E-state index in [-0.39, 0.29) is 30.3 Å². The van der Waals surface area contributed by atoms with Gasteiger partial charge in [-0.1, -0.05) is 25.0 Å². The minimum absolute atomic E-state index is 0.0467. The number of carbonyl (C=O) groups is 3. The van der Waals surface area contributed by atoms with Gasteiger partial charge in [0.15, 0.2) is 0 Å². The Balaban J connectivity index is 1.23. The highest BCUT2D eigenvalue weighted by Crippen LogP contribution is 2.24. The Morgan fingerprint density at radius 1 is 0.938 bits per heavy atom. The van der Waals surface area contributed by atoms with E-state index in [0.717, 1.165) is 37.8 Å². The lowest BCUT2D eigenvalue weighted by Crippen LogP contribution is -2.60. The van der Waals surface area contributed by atoms with E-state index in [1.54, 1.807) is 9.80 Å². The molecule has 0 saturated carbocycles. The number of benzene rings is 1. The largest absolute Gasteiger partial charge is 0.352 e. The van der Waals surface area contributed by atoms with Crippen molar-refractivity contribution in [3.8, 4) is 0 Å². The molecular weight excluding hydrogens is 404 g/mol. The van der Waals surface area contributed by atoms with Gasteiger partial charge in [0.05, 0.1) is 0 Å². The van der Waals surface area contributed by atoms with Crippen molar-refractivity contribution in [3.63, 3.8) is 0 Å². The number of piperidine rings is 1. The molecule has 0 aromatic heterocycles. The van der Waals surface area contributed by atoms with Crippen LogP contribution in [0, 0.1) is 0 Å². The Morgan fingerprint density at radius 3 is 2.41 bits per heavy atom. The van der Waals surface area contributed by atoms with E-state index in [1.165, 1.54) is 38.8 Å². The number of amides is 3. The Kier molecular flexibility index (Phi) is 7.79. The molecule has 3 amide bonds. The lowest BCUT2D eigenvalue weighted by molar-refractivity contribution is -0.158. The molecule has 4 rings (SSSR count). The maximum Gasteiger partial charge on any atom is 0.251 e. The third-order valence-electron chi connectivity index (χ3n) is 6.97. The number of hydrogen-bond donors (Lipinski definition) is 1. The van der Waals surface area contributed by atoms with E-state index < -0.39 is 0 Å². The van der Waals surface area contributed by atoms with Crippen molar-refractivity contribution < 1.29 is 14.4 Å². The van der Waals surface area contributed by atoms with Gasteiger partial charge < -0.3 is 20.0 Å². The maximum atomic E-state index is 12.8. The highest BCUT2D eigenvalue weighted by Gasteiger charge is 2.40. The number of piperazine rings is 1. The highest BCUT2D eigenvalue weighted by molar-refractivity contribution is 5.95. The fourth-order valence-electron chi connectivity index (χ4n) is 5.11. The number of nitrogens with one attached hydrogen (secondary N) is 1. The molecule has 7 nitrogen and oxygen atoms in total. The minimum atomic E-state index is -0.288. The van der Waals surface area contributed by atoms with E-state index in [1.807, 2.05) is 24.3 Å². The summed E-state index contributed by atoms with van der Waals surface area (Å²) in [5.41, 5.74) is 1.57. The van der Waals surface area contributed by atoms with Gasteiger partial charge in [-0.05, 0) is 75.9 Å². The zero-order chi connectivity index (χ0) is 22.3. The molecule has 3 fully saturated rings. The first kappa shape index (κ1) is 22.8. The van der Waals surface area contributed by atoms with Crippen LogP contribution in [0.1, 0.15) is 67.3 Å². The number of carbonyl (C=O) groups excluding carboxylic acids is 3. The molecule has 32 heavy (non-hydrogen) atoms. The van der Waals surface area contributed by atoms with E-state index in [9.17, 15) is 14.4 Å². The molecule has 0 unspecified atom stereocenters. The van der Waals surface area contributed by atoms with Crippen molar-refractivity contribution in [1.82, 2.24) is 20.0 Å². The summed E-state index contributed by atoms with van der Waals surface area (Å²) in [5.74, 6) is 0.0375. The zero-order valence-electron chi connectivity index (χ0n) is 19.1. The number of rotatable bonds is 7. The van der Waals surface area contributed by atoms with Crippen molar-refractivity contribution in [2.45, 2.75) is 64.0 Å². The van der Waals surface area contributed by atoms with Crippen LogP contribution in [-0.4, -0.2) is 77.7 Å². The normalized spacial score (nSPS) is 22.4. The number of likely N-dealkylation sites (tertiary alicyclic amines) is 1. The Morgan fingerprint density at radius 2 is 1.66 bits per heavy atom. The summed E-state index contributed by atoms with van der Waals surface area (Å²) in [6.07, 6.45) is 8.96. The summed E-state index contributed by atoms with van der Waals surface area (Å²) in [7, 11) is 0. The van der Waals surface area contributed by atoms with Crippen LogP contribution in [0.15, 0.2) is 24.3 Å². The average Bonchev–Trinajstić information content (AvgIpc) is 3.09. The van der Waals surface area contributed by atoms with Gasteiger partial charge in [-0.2, -0.15) is 0 Å². The predicted molar refractivity (Wildman–Crippen MR) is 123 cm³/mol. The second-order valence-electron chi connectivity index (χ2n) is 9.36. The molecule has 7 heteroatoms. The van der Waals surface area contributed by atoms with E-state index in [0.29, 0.717) is 25.2 Å². The summed E-state index contributed by atoms with van der Waals surface area (Å²) in [6.45, 7) is 5.34. The molecule has 3 aliphatic heterocycles. The number of fused-ring (bicyclic) bond motifs is 1. The topological polar surface area (TPSA) is 73.0 Å². The summed E-state index contributed by atoms with van der Waals surface area (Å²) < 4.78 is 0. The summed E-state index contributed by atoms with van der Waals surface area (Å²) in [4.78, 5) is 43.7. The van der Waals surface area contributed by atoms with Crippen LogP contribution in [-0.2, 0) is 16.1 Å². The fourth-order valence-corrected chi connectivity index (χ4v) is 5.11. The van der Waals surface area contributed by atoms with Crippen LogP contribution < -0.4 is 5.32 Å². The molecule has 1 aromatic rings. The van der Waals surface area contributed by atoms with Gasteiger partial charge >= 0.3 is 0 Å². The van der Waals surface area contributed by atoms with Crippen molar-refractivity contribution in [2.75, 3.05) is 39.3 Å². The van der Waals surface area contributed by atoms with Crippen LogP contribution in [0.4, 0.5) is 0 Å². The molecule has 0 radical (unpaired) electrons. The standard InChI is InChI=1S/C25H36N4O3/c30-23-19-28(25(32)22-8-3-6-17-29(22)23)18-20-9-11-21(12-10-20)24(31)26-13-7-16-27-14-4-1-2-5-15-27/h9-12,22H,1-8,13-19H2,(H,26,31)/t22-/m0/s1. The number of hydrogen-bond acceptors (Lipinski definition) is 4. The van der Waals surface area contributed by atoms with Crippen molar-refractivity contribution in [2.24, 2.45) is 0 Å². The Bertz CT molecular complexity index is 802. The van der Waals surface area contributed by atoms with Crippen LogP contribution in [0.25, 0.3) is 0 Å². The van der Waals surface area contributed by atoms with Gasteiger partial charge in [0, 0.05) is 25.2 Å². The monoisotopic (exact) mass is 440 g/mol. The summed E-state index contributed by atoms with van der Waals surface area (Å²) >= 11 is 0. The molecule has 0 bridgehead atoms. The van der Waals surface area contributed by atoms with Gasteiger partial charge in [0.25, 0.3) is 5.91 Å². The molecule has 3 aliphatic rings. The van der Waals surface area contributed by atoms with Crippen molar-refractivity contribution in [1.29, 1.82) is 0 Å². The SMILES string of the molecule is O=C(NCCCN1CCCCCC1)c1ccc(CN2CC(=O)N3CCCC[C@H]3C2=O)cc1. The number of nitrogens with zero attached hydrogens (tertiary/aromatic N) is 3. The van der Waals surface area contributed by atoms with Crippen LogP contribution in [0.3, 0.4) is 0 Å². The molecular formula is C25H36N4O3. The molecule has 1 atom stereocenters. The van der Waals surface area contributed by atoms with Gasteiger partial charge in [0.1, 0.15) is 12.6 Å².